The number of ether oxygens (including phenoxy) is 2. The zero-order valence-corrected chi connectivity index (χ0v) is 23.4. The van der Waals surface area contributed by atoms with Crippen molar-refractivity contribution in [3.05, 3.63) is 36.0 Å². The minimum absolute atomic E-state index is 0.266. The number of carbonyl (C=O) groups is 1. The molecule has 2 aliphatic rings. The van der Waals surface area contributed by atoms with Crippen molar-refractivity contribution >= 4 is 36.8 Å². The molecule has 1 amide bonds. The van der Waals surface area contributed by atoms with Crippen LogP contribution < -0.4 is 4.90 Å². The van der Waals surface area contributed by atoms with E-state index < -0.39 is 13.7 Å². The number of hydrogen-bond acceptors (Lipinski definition) is 6. The molecule has 0 atom stereocenters. The molecule has 9 nitrogen and oxygen atoms in total. The minimum Gasteiger partial charge on any atom is -0.444 e. The molecule has 1 spiro atoms. The van der Waals surface area contributed by atoms with Crippen molar-refractivity contribution in [3.63, 3.8) is 0 Å². The quantitative estimate of drug-likeness (QED) is 0.223. The summed E-state index contributed by atoms with van der Waals surface area (Å²) in [6.07, 6.45) is 9.07. The van der Waals surface area contributed by atoms with Gasteiger partial charge in [0.05, 0.1) is 18.3 Å². The van der Waals surface area contributed by atoms with Gasteiger partial charge in [-0.05, 0) is 39.7 Å². The van der Waals surface area contributed by atoms with E-state index in [1.165, 1.54) is 0 Å². The molecule has 194 valence electrons. The highest BCUT2D eigenvalue weighted by molar-refractivity contribution is 6.76. The fourth-order valence-corrected chi connectivity index (χ4v) is 5.44. The van der Waals surface area contributed by atoms with Crippen LogP contribution in [0.3, 0.4) is 0 Å². The Balaban J connectivity index is 1.45. The summed E-state index contributed by atoms with van der Waals surface area (Å²) in [7, 11) is -1.16. The molecule has 0 unspecified atom stereocenters. The lowest BCUT2D eigenvalue weighted by Gasteiger charge is -2.44. The molecule has 0 aromatic carbocycles. The first-order chi connectivity index (χ1) is 16.9. The third kappa shape index (κ3) is 5.73. The van der Waals surface area contributed by atoms with Crippen molar-refractivity contribution < 1.29 is 14.3 Å². The molecule has 0 saturated carbocycles. The maximum atomic E-state index is 12.8. The van der Waals surface area contributed by atoms with E-state index in [1.807, 2.05) is 30.2 Å². The van der Waals surface area contributed by atoms with Gasteiger partial charge in [0.25, 0.3) is 0 Å². The van der Waals surface area contributed by atoms with Crippen molar-refractivity contribution in [1.29, 1.82) is 0 Å². The van der Waals surface area contributed by atoms with Gasteiger partial charge in [0.2, 0.25) is 5.69 Å². The Morgan fingerprint density at radius 1 is 1.25 bits per heavy atom. The number of anilines is 1. The fraction of sp³-hybridized carbons (Fsp3) is 0.615. The average Bonchev–Trinajstić information content (AvgIpc) is 3.36. The van der Waals surface area contributed by atoms with E-state index in [2.05, 4.69) is 46.5 Å². The predicted octanol–water partition coefficient (Wildman–Crippen LogP) is 5.44. The van der Waals surface area contributed by atoms with E-state index in [0.717, 1.165) is 37.8 Å². The van der Waals surface area contributed by atoms with Crippen LogP contribution in [-0.2, 0) is 16.2 Å². The predicted molar refractivity (Wildman–Crippen MR) is 144 cm³/mol. The summed E-state index contributed by atoms with van der Waals surface area (Å²) in [5.41, 5.74) is 0.905. The Bertz CT molecular complexity index is 1180. The Morgan fingerprint density at radius 2 is 1.97 bits per heavy atom. The minimum atomic E-state index is -1.16. The molecule has 1 fully saturated rings. The van der Waals surface area contributed by atoms with Crippen LogP contribution in [-0.4, -0.2) is 71.0 Å². The molecule has 0 aliphatic carbocycles. The molecule has 2 aromatic heterocycles. The van der Waals surface area contributed by atoms with Crippen molar-refractivity contribution in [2.75, 3.05) is 31.1 Å². The standard InChI is InChI=1S/C26H38N6O3Si/c1-25(2,3)35-24(33)32-12-8-9-26(32)10-13-30(14-11-26)21-17-28-23-22(29-21)20(27-4)18-31(23)19-34-15-16-36(5,6)7/h8-9,17-18H,10-16,19H2,1-3,5-7H3. The van der Waals surface area contributed by atoms with Crippen LogP contribution >= 0.6 is 0 Å². The second kappa shape index (κ2) is 9.86. The monoisotopic (exact) mass is 510 g/mol. The maximum absolute atomic E-state index is 12.8. The molecular formula is C26H38N6O3Si. The Kier molecular flexibility index (Phi) is 7.17. The molecule has 4 heterocycles. The smallest absolute Gasteiger partial charge is 0.411 e. The van der Waals surface area contributed by atoms with Gasteiger partial charge < -0.3 is 18.9 Å². The molecular weight excluding hydrogens is 472 g/mol. The van der Waals surface area contributed by atoms with Gasteiger partial charge >= 0.3 is 6.09 Å². The molecule has 10 heteroatoms. The van der Waals surface area contributed by atoms with E-state index in [1.54, 1.807) is 12.4 Å². The third-order valence-corrected chi connectivity index (χ3v) is 8.41. The first-order valence-electron chi connectivity index (χ1n) is 12.7. The summed E-state index contributed by atoms with van der Waals surface area (Å²) in [6.45, 7) is 23.4. The van der Waals surface area contributed by atoms with Crippen molar-refractivity contribution in [2.45, 2.75) is 77.2 Å². The molecule has 36 heavy (non-hydrogen) atoms. The fourth-order valence-electron chi connectivity index (χ4n) is 4.68. The Hall–Kier alpha value is -2.90. The molecule has 0 N–H and O–H groups in total. The number of piperidine rings is 1. The average molecular weight is 511 g/mol. The molecule has 2 aromatic rings. The topological polar surface area (TPSA) is 77.1 Å². The number of carbonyl (C=O) groups excluding carboxylic acids is 1. The van der Waals surface area contributed by atoms with Gasteiger partial charge in [-0.1, -0.05) is 31.8 Å². The second-order valence-corrected chi connectivity index (χ2v) is 17.5. The number of nitrogens with zero attached hydrogens (tertiary/aromatic N) is 6. The van der Waals surface area contributed by atoms with Crippen LogP contribution in [0, 0.1) is 6.57 Å². The molecule has 2 aliphatic heterocycles. The maximum Gasteiger partial charge on any atom is 0.411 e. The van der Waals surface area contributed by atoms with Crippen LogP contribution in [0.4, 0.5) is 16.3 Å². The zero-order chi connectivity index (χ0) is 26.1. The highest BCUT2D eigenvalue weighted by Gasteiger charge is 2.44. The number of rotatable bonds is 6. The molecule has 0 radical (unpaired) electrons. The van der Waals surface area contributed by atoms with E-state index in [-0.39, 0.29) is 11.6 Å². The van der Waals surface area contributed by atoms with E-state index in [9.17, 15) is 4.79 Å². The van der Waals surface area contributed by atoms with E-state index in [4.69, 9.17) is 21.0 Å². The largest absolute Gasteiger partial charge is 0.444 e. The summed E-state index contributed by atoms with van der Waals surface area (Å²) in [5, 5.41) is 0. The van der Waals surface area contributed by atoms with Gasteiger partial charge in [-0.25, -0.2) is 19.6 Å². The molecule has 4 rings (SSSR count). The van der Waals surface area contributed by atoms with Gasteiger partial charge in [0.15, 0.2) is 0 Å². The normalized spacial score (nSPS) is 17.7. The van der Waals surface area contributed by atoms with Gasteiger partial charge in [-0.2, -0.15) is 0 Å². The van der Waals surface area contributed by atoms with Gasteiger partial charge in [-0.15, -0.1) is 0 Å². The lowest BCUT2D eigenvalue weighted by molar-refractivity contribution is 0.00812. The number of fused-ring (bicyclic) bond motifs is 1. The van der Waals surface area contributed by atoms with Gasteiger partial charge in [0.1, 0.15) is 29.3 Å². The highest BCUT2D eigenvalue weighted by atomic mass is 28.3. The summed E-state index contributed by atoms with van der Waals surface area (Å²) < 4.78 is 13.4. The van der Waals surface area contributed by atoms with Crippen LogP contribution in [0.1, 0.15) is 33.6 Å². The second-order valence-electron chi connectivity index (χ2n) is 11.9. The van der Waals surface area contributed by atoms with Gasteiger partial charge in [0, 0.05) is 40.5 Å². The third-order valence-electron chi connectivity index (χ3n) is 6.70. The van der Waals surface area contributed by atoms with Crippen molar-refractivity contribution in [2.24, 2.45) is 0 Å². The van der Waals surface area contributed by atoms with Crippen LogP contribution in [0.15, 0.2) is 24.5 Å². The number of amides is 1. The Labute approximate surface area is 214 Å². The SMILES string of the molecule is [C-]#[N+]c1cn(COCC[Si](C)(C)C)c2ncc(N3CCC4(C=CCN4C(=O)OC(C)(C)C)CC3)nc12. The summed E-state index contributed by atoms with van der Waals surface area (Å²) in [5.74, 6) is 0.755. The van der Waals surface area contributed by atoms with Crippen molar-refractivity contribution in [1.82, 2.24) is 19.4 Å². The first-order valence-corrected chi connectivity index (χ1v) is 16.4. The van der Waals surface area contributed by atoms with Crippen LogP contribution in [0.2, 0.25) is 25.7 Å². The highest BCUT2D eigenvalue weighted by Crippen LogP contribution is 2.37. The lowest BCUT2D eigenvalue weighted by atomic mass is 9.87. The molecule has 0 bridgehead atoms. The van der Waals surface area contributed by atoms with Crippen molar-refractivity contribution in [3.8, 4) is 0 Å². The number of aromatic nitrogens is 3. The first kappa shape index (κ1) is 26.2. The lowest BCUT2D eigenvalue weighted by Crippen LogP contribution is -2.55. The summed E-state index contributed by atoms with van der Waals surface area (Å²) >= 11 is 0. The van der Waals surface area contributed by atoms with E-state index in [0.29, 0.717) is 36.7 Å². The molecule has 1 saturated heterocycles. The van der Waals surface area contributed by atoms with Gasteiger partial charge in [-0.3, -0.25) is 4.90 Å². The van der Waals surface area contributed by atoms with Crippen LogP contribution in [0.25, 0.3) is 16.0 Å². The van der Waals surface area contributed by atoms with E-state index >= 15 is 0 Å². The zero-order valence-electron chi connectivity index (χ0n) is 22.4. The van der Waals surface area contributed by atoms with Crippen LogP contribution in [0.5, 0.6) is 0 Å². The number of hydrogen-bond donors (Lipinski definition) is 0. The summed E-state index contributed by atoms with van der Waals surface area (Å²) in [4.78, 5) is 30.1. The Morgan fingerprint density at radius 3 is 2.61 bits per heavy atom. The summed E-state index contributed by atoms with van der Waals surface area (Å²) in [6, 6.07) is 1.09.